The number of unbranched alkanes of at least 4 members (excludes halogenated alkanes) is 1. The van der Waals surface area contributed by atoms with Crippen molar-refractivity contribution in [3.63, 3.8) is 0 Å². The maximum atomic E-state index is 12.4. The topological polar surface area (TPSA) is 137 Å². The third-order valence-electron chi connectivity index (χ3n) is 4.47. The summed E-state index contributed by atoms with van der Waals surface area (Å²) in [7, 11) is -1.40. The monoisotopic (exact) mass is 435 g/mol. The normalized spacial score (nSPS) is 14.7. The van der Waals surface area contributed by atoms with E-state index in [0.717, 1.165) is 6.42 Å². The maximum Gasteiger partial charge on any atom is 0.547 e. The number of carbonyl (C=O) groups excluding carboxylic acids is 4. The van der Waals surface area contributed by atoms with Crippen LogP contribution in [0.25, 0.3) is 0 Å². The van der Waals surface area contributed by atoms with E-state index in [0.29, 0.717) is 12.0 Å². The Kier molecular flexibility index (Phi) is 9.32. The number of esters is 1. The third kappa shape index (κ3) is 7.60. The molecule has 1 heterocycles. The van der Waals surface area contributed by atoms with Crippen LogP contribution in [0.5, 0.6) is 5.75 Å². The fraction of sp³-hybridized carbons (Fsp3) is 0.500. The van der Waals surface area contributed by atoms with E-state index in [-0.39, 0.29) is 48.9 Å². The summed E-state index contributed by atoms with van der Waals surface area (Å²) in [5.41, 5.74) is 0.623. The number of hydrogen-bond acceptors (Lipinski definition) is 9. The van der Waals surface area contributed by atoms with Crippen LogP contribution < -0.4 is 9.97 Å². The van der Waals surface area contributed by atoms with Crippen LogP contribution in [0.3, 0.4) is 0 Å². The van der Waals surface area contributed by atoms with Crippen LogP contribution >= 0.6 is 0 Å². The fourth-order valence-electron chi connectivity index (χ4n) is 2.83. The van der Waals surface area contributed by atoms with E-state index in [9.17, 15) is 24.2 Å². The second kappa shape index (κ2) is 11.9. The molecule has 2 rings (SSSR count). The van der Waals surface area contributed by atoms with E-state index in [1.54, 1.807) is 12.1 Å². The maximum absolute atomic E-state index is 12.4. The second-order valence-electron chi connectivity index (χ2n) is 7.03. The summed E-state index contributed by atoms with van der Waals surface area (Å²) in [6.45, 7) is 2.92. The largest absolute Gasteiger partial charge is 0.547 e. The van der Waals surface area contributed by atoms with Gasteiger partial charge in [0.15, 0.2) is 0 Å². The number of amides is 1. The lowest BCUT2D eigenvalue weighted by Crippen LogP contribution is -2.53. The molecule has 1 aliphatic rings. The number of nitrogens with one attached hydrogen (secondary N) is 1. The molecular formula is C20H26BNO9. The molecule has 31 heavy (non-hydrogen) atoms. The lowest BCUT2D eigenvalue weighted by Gasteiger charge is -2.29. The van der Waals surface area contributed by atoms with Crippen molar-refractivity contribution < 1.29 is 43.1 Å². The molecule has 0 unspecified atom stereocenters. The molecule has 0 aromatic heterocycles. The zero-order valence-corrected chi connectivity index (χ0v) is 17.5. The van der Waals surface area contributed by atoms with Gasteiger partial charge in [0.05, 0.1) is 12.5 Å². The number of carbonyl (C=O) groups is 4. The first-order chi connectivity index (χ1) is 14.8. The van der Waals surface area contributed by atoms with Gasteiger partial charge in [0.1, 0.15) is 17.1 Å². The molecule has 0 saturated heterocycles. The van der Waals surface area contributed by atoms with Crippen molar-refractivity contribution in [3.8, 4) is 5.75 Å². The van der Waals surface area contributed by atoms with Crippen molar-refractivity contribution >= 4 is 30.9 Å². The Hall–Kier alpha value is -3.08. The Morgan fingerprint density at radius 1 is 1.19 bits per heavy atom. The van der Waals surface area contributed by atoms with Gasteiger partial charge in [-0.3, -0.25) is 4.79 Å². The molecule has 10 nitrogen and oxygen atoms in total. The Bertz CT molecular complexity index is 814. The number of fused-ring (bicyclic) bond motifs is 1. The summed E-state index contributed by atoms with van der Waals surface area (Å²) in [6, 6.07) is 4.73. The lowest BCUT2D eigenvalue weighted by molar-refractivity contribution is -0.124. The van der Waals surface area contributed by atoms with Crippen molar-refractivity contribution in [2.24, 2.45) is 0 Å². The Morgan fingerprint density at radius 2 is 1.97 bits per heavy atom. The molecule has 168 valence electrons. The highest BCUT2D eigenvalue weighted by atomic mass is 16.8. The summed E-state index contributed by atoms with van der Waals surface area (Å²) < 4.78 is 19.8. The Balaban J connectivity index is 1.93. The number of ether oxygens (including phenoxy) is 3. The van der Waals surface area contributed by atoms with E-state index < -0.39 is 32.0 Å². The van der Waals surface area contributed by atoms with Crippen LogP contribution in [0, 0.1) is 0 Å². The van der Waals surface area contributed by atoms with Crippen LogP contribution in [-0.2, 0) is 30.2 Å². The predicted octanol–water partition coefficient (Wildman–Crippen LogP) is 1.56. The molecule has 0 spiro atoms. The fourth-order valence-corrected chi connectivity index (χ4v) is 2.83. The minimum atomic E-state index is -1.40. The first-order valence-corrected chi connectivity index (χ1v) is 10.0. The van der Waals surface area contributed by atoms with E-state index in [2.05, 4.69) is 10.1 Å². The number of rotatable bonds is 10. The predicted molar refractivity (Wildman–Crippen MR) is 108 cm³/mol. The van der Waals surface area contributed by atoms with Gasteiger partial charge in [-0.15, -0.1) is 0 Å². The minimum Gasteiger partial charge on any atom is -0.534 e. The van der Waals surface area contributed by atoms with Crippen LogP contribution in [-0.4, -0.2) is 55.3 Å². The summed E-state index contributed by atoms with van der Waals surface area (Å²) in [5.74, 6) is -1.92. The average Bonchev–Trinajstić information content (AvgIpc) is 2.72. The summed E-state index contributed by atoms with van der Waals surface area (Å²) in [5, 5.41) is 12.9. The highest BCUT2D eigenvalue weighted by Gasteiger charge is 2.37. The van der Waals surface area contributed by atoms with Crippen molar-refractivity contribution in [2.45, 2.75) is 51.9 Å². The van der Waals surface area contributed by atoms with Gasteiger partial charge in [-0.25, -0.2) is 9.59 Å². The van der Waals surface area contributed by atoms with Crippen molar-refractivity contribution in [2.75, 3.05) is 13.4 Å². The molecule has 2 N–H and O–H groups in total. The third-order valence-corrected chi connectivity index (χ3v) is 4.47. The molecule has 0 bridgehead atoms. The number of para-hydroxylation sites is 1. The smallest absolute Gasteiger partial charge is 0.534 e. The second-order valence-corrected chi connectivity index (χ2v) is 7.03. The average molecular weight is 435 g/mol. The highest BCUT2D eigenvalue weighted by Crippen LogP contribution is 2.30. The molecule has 1 atom stereocenters. The van der Waals surface area contributed by atoms with Gasteiger partial charge >= 0.3 is 19.2 Å². The van der Waals surface area contributed by atoms with Gasteiger partial charge in [0.25, 0.3) is 0 Å². The van der Waals surface area contributed by atoms with Crippen molar-refractivity contribution in [1.29, 1.82) is 0 Å². The SMILES string of the molecule is CCCCOC(=O)OCOC(=O)c1cccc2c1OB(O)[C@@H](NC(=O)CCC(C)=O)C2. The van der Waals surface area contributed by atoms with Gasteiger partial charge in [-0.2, -0.15) is 0 Å². The van der Waals surface area contributed by atoms with Crippen LogP contribution in [0.15, 0.2) is 18.2 Å². The lowest BCUT2D eigenvalue weighted by atomic mass is 9.72. The zero-order chi connectivity index (χ0) is 22.8. The van der Waals surface area contributed by atoms with E-state index in [4.69, 9.17) is 14.1 Å². The van der Waals surface area contributed by atoms with E-state index in [1.807, 2.05) is 6.92 Å². The molecular weight excluding hydrogens is 409 g/mol. The number of Topliss-reactive ketones (excluding diaryl/α,β-unsaturated/α-hetero) is 1. The minimum absolute atomic E-state index is 0.0126. The van der Waals surface area contributed by atoms with Gasteiger partial charge in [0, 0.05) is 12.8 Å². The summed E-state index contributed by atoms with van der Waals surface area (Å²) in [6.07, 6.45) is 0.948. The molecule has 0 fully saturated rings. The number of benzene rings is 1. The molecule has 0 saturated carbocycles. The van der Waals surface area contributed by atoms with Crippen LogP contribution in [0.4, 0.5) is 4.79 Å². The molecule has 11 heteroatoms. The van der Waals surface area contributed by atoms with E-state index >= 15 is 0 Å². The highest BCUT2D eigenvalue weighted by molar-refractivity contribution is 6.47. The van der Waals surface area contributed by atoms with Gasteiger partial charge in [-0.05, 0) is 31.4 Å². The van der Waals surface area contributed by atoms with Crippen LogP contribution in [0.2, 0.25) is 0 Å². The number of hydrogen-bond donors (Lipinski definition) is 2. The van der Waals surface area contributed by atoms with Gasteiger partial charge < -0.3 is 34.0 Å². The Morgan fingerprint density at radius 3 is 2.68 bits per heavy atom. The van der Waals surface area contributed by atoms with Gasteiger partial charge in [-0.1, -0.05) is 25.5 Å². The van der Waals surface area contributed by atoms with Gasteiger partial charge in [0.2, 0.25) is 12.7 Å². The molecule has 1 aliphatic heterocycles. The molecule has 0 radical (unpaired) electrons. The standard InChI is InChI=1S/C20H26BNO9/c1-3-4-10-28-20(26)30-12-29-19(25)15-7-5-6-14-11-16(21(27)31-18(14)15)22-17(24)9-8-13(2)23/h5-7,16,27H,3-4,8-12H2,1-2H3,(H,22,24)/t16-/m0/s1. The molecule has 0 aliphatic carbocycles. The van der Waals surface area contributed by atoms with Crippen LogP contribution in [0.1, 0.15) is 55.5 Å². The molecule has 1 aromatic carbocycles. The van der Waals surface area contributed by atoms with E-state index in [1.165, 1.54) is 13.0 Å². The summed E-state index contributed by atoms with van der Waals surface area (Å²) in [4.78, 5) is 46.7. The Labute approximate surface area is 180 Å². The zero-order valence-electron chi connectivity index (χ0n) is 17.5. The quantitative estimate of drug-likeness (QED) is 0.243. The summed E-state index contributed by atoms with van der Waals surface area (Å²) >= 11 is 0. The first kappa shape index (κ1) is 24.2. The molecule has 1 aromatic rings. The first-order valence-electron chi connectivity index (χ1n) is 10.0. The number of ketones is 1. The molecule has 1 amide bonds. The van der Waals surface area contributed by atoms with Crippen molar-refractivity contribution in [1.82, 2.24) is 5.32 Å². The van der Waals surface area contributed by atoms with Crippen molar-refractivity contribution in [3.05, 3.63) is 29.3 Å².